The monoisotopic (exact) mass is 439 g/mol. The number of nitrogens with two attached hydrogens (primary N) is 1. The van der Waals surface area contributed by atoms with Crippen LogP contribution >= 0.6 is 24.8 Å². The van der Waals surface area contributed by atoms with E-state index in [1.165, 1.54) is 5.56 Å². The summed E-state index contributed by atoms with van der Waals surface area (Å²) in [6.07, 6.45) is 6.78. The number of rotatable bonds is 6. The minimum absolute atomic E-state index is 0. The number of hydrogen-bond acceptors (Lipinski definition) is 5. The zero-order chi connectivity index (χ0) is 19.2. The molecular weight excluding hydrogens is 409 g/mol. The van der Waals surface area contributed by atoms with E-state index in [2.05, 4.69) is 58.3 Å². The van der Waals surface area contributed by atoms with Gasteiger partial charge in [-0.2, -0.15) is 0 Å². The molecule has 1 aromatic heterocycles. The highest BCUT2D eigenvalue weighted by Gasteiger charge is 2.25. The predicted molar refractivity (Wildman–Crippen MR) is 122 cm³/mol. The maximum Gasteiger partial charge on any atom is 0.223 e. The van der Waals surface area contributed by atoms with Crippen LogP contribution in [0.4, 0.5) is 5.82 Å². The molecule has 1 fully saturated rings. The van der Waals surface area contributed by atoms with Crippen LogP contribution < -0.4 is 16.0 Å². The maximum atomic E-state index is 12.5. The van der Waals surface area contributed by atoms with Crippen LogP contribution in [0.15, 0.2) is 42.9 Å². The molecule has 1 atom stereocenters. The van der Waals surface area contributed by atoms with Gasteiger partial charge in [-0.1, -0.05) is 38.1 Å². The van der Waals surface area contributed by atoms with E-state index in [1.54, 1.807) is 18.6 Å². The van der Waals surface area contributed by atoms with E-state index in [-0.39, 0.29) is 42.7 Å². The number of piperidine rings is 1. The van der Waals surface area contributed by atoms with Crippen molar-refractivity contribution in [2.24, 2.45) is 11.7 Å². The van der Waals surface area contributed by atoms with Gasteiger partial charge in [-0.3, -0.25) is 9.78 Å². The first-order valence-electron chi connectivity index (χ1n) is 9.68. The number of anilines is 1. The van der Waals surface area contributed by atoms with Gasteiger partial charge in [0.05, 0.1) is 6.20 Å². The molecule has 1 saturated heterocycles. The SMILES string of the molecule is CC(C)c1ccc(C(N)CNC(=O)C2CCN(c3cnccn3)CC2)cc1.Cl.Cl. The topological polar surface area (TPSA) is 84.1 Å². The molecule has 1 aromatic carbocycles. The van der Waals surface area contributed by atoms with Crippen molar-refractivity contribution in [1.29, 1.82) is 0 Å². The lowest BCUT2D eigenvalue weighted by molar-refractivity contribution is -0.125. The number of amides is 1. The second-order valence-corrected chi connectivity index (χ2v) is 7.50. The Balaban J connectivity index is 0.00000210. The molecule has 0 saturated carbocycles. The van der Waals surface area contributed by atoms with Crippen LogP contribution in [0, 0.1) is 5.92 Å². The normalized spacial score (nSPS) is 15.2. The summed E-state index contributed by atoms with van der Waals surface area (Å²) in [5.41, 5.74) is 8.61. The number of aromatic nitrogens is 2. The third kappa shape index (κ3) is 6.84. The quantitative estimate of drug-likeness (QED) is 0.719. The van der Waals surface area contributed by atoms with Crippen molar-refractivity contribution in [3.63, 3.8) is 0 Å². The Kier molecular flexibility index (Phi) is 10.4. The van der Waals surface area contributed by atoms with Crippen molar-refractivity contribution >= 4 is 36.5 Å². The number of carbonyl (C=O) groups excluding carboxylic acids is 1. The Morgan fingerprint density at radius 2 is 1.76 bits per heavy atom. The first-order valence-corrected chi connectivity index (χ1v) is 9.68. The molecule has 8 heteroatoms. The zero-order valence-electron chi connectivity index (χ0n) is 17.0. The molecule has 3 N–H and O–H groups in total. The van der Waals surface area contributed by atoms with E-state index in [0.29, 0.717) is 12.5 Å². The predicted octanol–water partition coefficient (Wildman–Crippen LogP) is 3.48. The van der Waals surface area contributed by atoms with Gasteiger partial charge in [0.2, 0.25) is 5.91 Å². The first kappa shape index (κ1) is 25.1. The fourth-order valence-corrected chi connectivity index (χ4v) is 3.43. The molecule has 160 valence electrons. The highest BCUT2D eigenvalue weighted by Crippen LogP contribution is 2.22. The number of hydrogen-bond donors (Lipinski definition) is 2. The standard InChI is InChI=1S/C21H29N5O.2ClH/c1-15(2)16-3-5-17(6-4-16)19(22)13-25-21(27)18-7-11-26(12-8-18)20-14-23-9-10-24-20;;/h3-6,9-10,14-15,18-19H,7-8,11-13,22H2,1-2H3,(H,25,27);2*1H. The van der Waals surface area contributed by atoms with Gasteiger partial charge in [-0.05, 0) is 29.9 Å². The number of benzene rings is 1. The fourth-order valence-electron chi connectivity index (χ4n) is 3.43. The molecule has 29 heavy (non-hydrogen) atoms. The van der Waals surface area contributed by atoms with Crippen molar-refractivity contribution in [1.82, 2.24) is 15.3 Å². The second-order valence-electron chi connectivity index (χ2n) is 7.50. The largest absolute Gasteiger partial charge is 0.355 e. The van der Waals surface area contributed by atoms with Gasteiger partial charge in [0.25, 0.3) is 0 Å². The molecule has 1 aliphatic rings. The van der Waals surface area contributed by atoms with Crippen LogP contribution in [0.1, 0.15) is 49.8 Å². The van der Waals surface area contributed by atoms with E-state index in [9.17, 15) is 4.79 Å². The zero-order valence-corrected chi connectivity index (χ0v) is 18.6. The van der Waals surface area contributed by atoms with Crippen molar-refractivity contribution in [2.45, 2.75) is 38.6 Å². The minimum atomic E-state index is -0.185. The van der Waals surface area contributed by atoms with Gasteiger partial charge in [-0.25, -0.2) is 4.98 Å². The molecular formula is C21H31Cl2N5O. The summed E-state index contributed by atoms with van der Waals surface area (Å²) >= 11 is 0. The van der Waals surface area contributed by atoms with E-state index in [1.807, 2.05) is 0 Å². The molecule has 2 aromatic rings. The van der Waals surface area contributed by atoms with Crippen LogP contribution in [0.5, 0.6) is 0 Å². The second kappa shape index (κ2) is 12.0. The summed E-state index contributed by atoms with van der Waals surface area (Å²) in [7, 11) is 0. The molecule has 0 bridgehead atoms. The smallest absolute Gasteiger partial charge is 0.223 e. The van der Waals surface area contributed by atoms with Crippen molar-refractivity contribution in [3.8, 4) is 0 Å². The fraction of sp³-hybridized carbons (Fsp3) is 0.476. The first-order chi connectivity index (χ1) is 13.0. The van der Waals surface area contributed by atoms with E-state index >= 15 is 0 Å². The highest BCUT2D eigenvalue weighted by molar-refractivity contribution is 5.85. The van der Waals surface area contributed by atoms with E-state index in [0.717, 1.165) is 37.3 Å². The molecule has 1 aliphatic heterocycles. The summed E-state index contributed by atoms with van der Waals surface area (Å²) in [6, 6.07) is 8.17. The maximum absolute atomic E-state index is 12.5. The number of nitrogens with zero attached hydrogens (tertiary/aromatic N) is 3. The van der Waals surface area contributed by atoms with Gasteiger partial charge in [0, 0.05) is 44.0 Å². The summed E-state index contributed by atoms with van der Waals surface area (Å²) in [5.74, 6) is 1.52. The third-order valence-corrected chi connectivity index (χ3v) is 5.27. The Labute approximate surface area is 185 Å². The van der Waals surface area contributed by atoms with Gasteiger partial charge in [-0.15, -0.1) is 24.8 Å². The summed E-state index contributed by atoms with van der Waals surface area (Å²) in [6.45, 7) is 6.44. The van der Waals surface area contributed by atoms with Crippen LogP contribution in [-0.4, -0.2) is 35.5 Å². The Bertz CT molecular complexity index is 734. The summed E-state index contributed by atoms with van der Waals surface area (Å²) < 4.78 is 0. The van der Waals surface area contributed by atoms with E-state index in [4.69, 9.17) is 5.73 Å². The number of nitrogens with one attached hydrogen (secondary N) is 1. The minimum Gasteiger partial charge on any atom is -0.355 e. The summed E-state index contributed by atoms with van der Waals surface area (Å²) in [5, 5.41) is 3.03. The average molecular weight is 440 g/mol. The number of halogens is 2. The molecule has 3 rings (SSSR count). The molecule has 6 nitrogen and oxygen atoms in total. The van der Waals surface area contributed by atoms with Gasteiger partial charge in [0.15, 0.2) is 0 Å². The lowest BCUT2D eigenvalue weighted by atomic mass is 9.95. The van der Waals surface area contributed by atoms with Crippen LogP contribution in [0.2, 0.25) is 0 Å². The van der Waals surface area contributed by atoms with Crippen molar-refractivity contribution < 1.29 is 4.79 Å². The van der Waals surface area contributed by atoms with Crippen molar-refractivity contribution in [2.75, 3.05) is 24.5 Å². The number of carbonyl (C=O) groups is 1. The molecule has 0 radical (unpaired) electrons. The van der Waals surface area contributed by atoms with Crippen LogP contribution in [-0.2, 0) is 4.79 Å². The molecule has 1 amide bonds. The van der Waals surface area contributed by atoms with Gasteiger partial charge >= 0.3 is 0 Å². The Hall–Kier alpha value is -1.89. The molecule has 1 unspecified atom stereocenters. The Morgan fingerprint density at radius 1 is 1.14 bits per heavy atom. The van der Waals surface area contributed by atoms with Gasteiger partial charge < -0.3 is 16.0 Å². The average Bonchev–Trinajstić information content (AvgIpc) is 2.72. The molecule has 0 spiro atoms. The van der Waals surface area contributed by atoms with Crippen molar-refractivity contribution in [3.05, 3.63) is 54.0 Å². The lowest BCUT2D eigenvalue weighted by Gasteiger charge is -2.32. The molecule has 0 aliphatic carbocycles. The van der Waals surface area contributed by atoms with E-state index < -0.39 is 0 Å². The molecule has 2 heterocycles. The third-order valence-electron chi connectivity index (χ3n) is 5.27. The van der Waals surface area contributed by atoms with Gasteiger partial charge in [0.1, 0.15) is 5.82 Å². The lowest BCUT2D eigenvalue weighted by Crippen LogP contribution is -2.42. The van der Waals surface area contributed by atoms with Crippen LogP contribution in [0.3, 0.4) is 0 Å². The summed E-state index contributed by atoms with van der Waals surface area (Å²) in [4.78, 5) is 23.1. The Morgan fingerprint density at radius 3 is 2.31 bits per heavy atom. The highest BCUT2D eigenvalue weighted by atomic mass is 35.5. The van der Waals surface area contributed by atoms with Crippen LogP contribution in [0.25, 0.3) is 0 Å².